The van der Waals surface area contributed by atoms with Gasteiger partial charge in [-0.2, -0.15) is 0 Å². The molecule has 21 heteroatoms. The lowest BCUT2D eigenvalue weighted by molar-refractivity contribution is -0.145. The molecule has 328 valence electrons. The summed E-state index contributed by atoms with van der Waals surface area (Å²) in [5, 5.41) is 32.7. The number of esters is 1. The highest BCUT2D eigenvalue weighted by Gasteiger charge is 2.41. The number of carboxylic acids is 2. The first kappa shape index (κ1) is 50.9. The van der Waals surface area contributed by atoms with E-state index in [1.54, 1.807) is 27.7 Å². The largest absolute Gasteiger partial charge is 0.481 e. The van der Waals surface area contributed by atoms with Crippen LogP contribution in [0, 0.1) is 11.8 Å². The molecule has 8 N–H and O–H groups in total. The number of carbonyl (C=O) groups is 11. The van der Waals surface area contributed by atoms with E-state index >= 15 is 0 Å². The van der Waals surface area contributed by atoms with Crippen molar-refractivity contribution >= 4 is 65.0 Å². The summed E-state index contributed by atoms with van der Waals surface area (Å²) in [5.41, 5.74) is 0. The molecule has 1 heterocycles. The zero-order valence-corrected chi connectivity index (χ0v) is 34.0. The molecule has 6 atom stereocenters. The molecule has 0 radical (unpaired) electrons. The predicted octanol–water partition coefficient (Wildman–Crippen LogP) is -1.55. The van der Waals surface area contributed by atoms with Crippen molar-refractivity contribution in [3.05, 3.63) is 25.3 Å². The number of Topliss-reactive ketones (excluding diaryl/α,β-unsaturated/α-hetero) is 1. The summed E-state index contributed by atoms with van der Waals surface area (Å²) in [6.45, 7) is 13.9. The zero-order valence-electron chi connectivity index (χ0n) is 34.0. The molecule has 59 heavy (non-hydrogen) atoms. The van der Waals surface area contributed by atoms with Crippen molar-refractivity contribution in [2.24, 2.45) is 11.8 Å². The molecule has 0 aromatic heterocycles. The fraction of sp³-hybridized carbons (Fsp3) is 0.605. The highest BCUT2D eigenvalue weighted by atomic mass is 16.5. The van der Waals surface area contributed by atoms with Gasteiger partial charge in [0.15, 0.2) is 0 Å². The molecule has 21 nitrogen and oxygen atoms in total. The number of ketones is 1. The van der Waals surface area contributed by atoms with Crippen molar-refractivity contribution < 1.29 is 67.7 Å². The van der Waals surface area contributed by atoms with Crippen molar-refractivity contribution in [1.29, 1.82) is 0 Å². The maximum absolute atomic E-state index is 14.0. The average molecular weight is 836 g/mol. The summed E-state index contributed by atoms with van der Waals surface area (Å²) in [4.78, 5) is 141. The van der Waals surface area contributed by atoms with Crippen LogP contribution in [0.25, 0.3) is 0 Å². The van der Waals surface area contributed by atoms with Gasteiger partial charge >= 0.3 is 17.9 Å². The number of likely N-dealkylation sites (tertiary alicyclic amines) is 1. The molecule has 1 saturated heterocycles. The molecule has 1 aliphatic rings. The Hall–Kier alpha value is -6.15. The highest BCUT2D eigenvalue weighted by molar-refractivity contribution is 6.38. The van der Waals surface area contributed by atoms with Crippen molar-refractivity contribution in [2.45, 2.75) is 116 Å². The van der Waals surface area contributed by atoms with E-state index in [2.05, 4.69) is 45.1 Å². The second kappa shape index (κ2) is 25.3. The minimum Gasteiger partial charge on any atom is -0.481 e. The molecule has 1 fully saturated rings. The topological polar surface area (TPSA) is 313 Å². The van der Waals surface area contributed by atoms with E-state index in [9.17, 15) is 57.8 Å². The predicted molar refractivity (Wildman–Crippen MR) is 207 cm³/mol. The lowest BCUT2D eigenvalue weighted by atomic mass is 9.98. The molecule has 0 spiro atoms. The second-order valence-corrected chi connectivity index (χ2v) is 14.4. The van der Waals surface area contributed by atoms with Crippen LogP contribution in [0.5, 0.6) is 0 Å². The molecule has 0 aliphatic carbocycles. The third-order valence-electron chi connectivity index (χ3n) is 8.95. The minimum absolute atomic E-state index is 0.102. The first-order valence-corrected chi connectivity index (χ1v) is 19.1. The van der Waals surface area contributed by atoms with Gasteiger partial charge in [0, 0.05) is 26.3 Å². The molecular weight excluding hydrogens is 778 g/mol. The van der Waals surface area contributed by atoms with Crippen molar-refractivity contribution in [3.8, 4) is 0 Å². The van der Waals surface area contributed by atoms with Gasteiger partial charge in [-0.15, -0.1) is 6.58 Å². The van der Waals surface area contributed by atoms with Gasteiger partial charge in [0.05, 0.1) is 0 Å². The number of aliphatic carboxylic acids is 2. The van der Waals surface area contributed by atoms with Crippen LogP contribution in [0.3, 0.4) is 0 Å². The van der Waals surface area contributed by atoms with Crippen LogP contribution in [0.4, 0.5) is 0 Å². The van der Waals surface area contributed by atoms with Gasteiger partial charge in [-0.1, -0.05) is 46.4 Å². The SMILES string of the molecule is C=CCOC(=O)CNC(=O)C(=O)[C@H](CC=C)NC(=O)[C@@H]1CCCN1C(=O)[C@@H](NC(=O)[C@@H](NC(=O)[C@H](CCC(=O)O)NC(=O)[C@H](CCC(=O)O)NC(C)=O)C(C)C)C(C)C. The third kappa shape index (κ3) is 17.5. The van der Waals surface area contributed by atoms with Gasteiger partial charge in [-0.3, -0.25) is 52.7 Å². The molecule has 1 aliphatic heterocycles. The Morgan fingerprint density at radius 2 is 1.27 bits per heavy atom. The Balaban J connectivity index is 3.20. The summed E-state index contributed by atoms with van der Waals surface area (Å²) in [6.07, 6.45) is 1.14. The molecule has 0 saturated carbocycles. The molecule has 0 unspecified atom stereocenters. The van der Waals surface area contributed by atoms with Crippen LogP contribution in [0.2, 0.25) is 0 Å². The Morgan fingerprint density at radius 1 is 0.729 bits per heavy atom. The van der Waals surface area contributed by atoms with Gasteiger partial charge < -0.3 is 51.8 Å². The number of carboxylic acid groups (broad SMARTS) is 2. The van der Waals surface area contributed by atoms with Crippen molar-refractivity contribution in [1.82, 2.24) is 36.8 Å². The van der Waals surface area contributed by atoms with E-state index in [1.165, 1.54) is 17.1 Å². The normalized spacial score (nSPS) is 15.9. The third-order valence-corrected chi connectivity index (χ3v) is 8.95. The van der Waals surface area contributed by atoms with E-state index in [-0.39, 0.29) is 32.4 Å². The lowest BCUT2D eigenvalue weighted by Gasteiger charge is -2.33. The average Bonchev–Trinajstić information content (AvgIpc) is 3.66. The van der Waals surface area contributed by atoms with E-state index in [0.29, 0.717) is 6.42 Å². The quantitative estimate of drug-likeness (QED) is 0.0278. The van der Waals surface area contributed by atoms with Gasteiger partial charge in [0.2, 0.25) is 41.2 Å². The maximum Gasteiger partial charge on any atom is 0.325 e. The molecular formula is C38H57N7O14. The number of rotatable bonds is 26. The summed E-state index contributed by atoms with van der Waals surface area (Å²) in [5.74, 6) is -11.6. The first-order chi connectivity index (χ1) is 27.6. The number of ether oxygens (including phenoxy) is 1. The number of nitrogens with zero attached hydrogens (tertiary/aromatic N) is 1. The summed E-state index contributed by atoms with van der Waals surface area (Å²) < 4.78 is 4.76. The highest BCUT2D eigenvalue weighted by Crippen LogP contribution is 2.21. The first-order valence-electron chi connectivity index (χ1n) is 19.1. The van der Waals surface area contributed by atoms with Crippen molar-refractivity contribution in [2.75, 3.05) is 19.7 Å². The Kier molecular flexibility index (Phi) is 21.8. The minimum atomic E-state index is -1.54. The molecule has 0 aromatic rings. The van der Waals surface area contributed by atoms with E-state index < -0.39 is 139 Å². The van der Waals surface area contributed by atoms with Crippen LogP contribution >= 0.6 is 0 Å². The number of hydrogen-bond donors (Lipinski definition) is 8. The van der Waals surface area contributed by atoms with Crippen LogP contribution in [0.15, 0.2) is 25.3 Å². The smallest absolute Gasteiger partial charge is 0.325 e. The van der Waals surface area contributed by atoms with Crippen LogP contribution in [-0.2, 0) is 57.5 Å². The van der Waals surface area contributed by atoms with Crippen LogP contribution < -0.4 is 31.9 Å². The van der Waals surface area contributed by atoms with Gasteiger partial charge in [0.25, 0.3) is 5.91 Å². The van der Waals surface area contributed by atoms with Gasteiger partial charge in [0.1, 0.15) is 49.4 Å². The monoisotopic (exact) mass is 835 g/mol. The fourth-order valence-electron chi connectivity index (χ4n) is 5.88. The Bertz CT molecular complexity index is 1610. The van der Waals surface area contributed by atoms with E-state index in [0.717, 1.165) is 6.92 Å². The summed E-state index contributed by atoms with van der Waals surface area (Å²) >= 11 is 0. The number of nitrogens with one attached hydrogen (secondary N) is 6. The molecule has 0 bridgehead atoms. The number of carbonyl (C=O) groups excluding carboxylic acids is 9. The number of amides is 7. The fourth-order valence-corrected chi connectivity index (χ4v) is 5.88. The second-order valence-electron chi connectivity index (χ2n) is 14.4. The molecule has 7 amide bonds. The molecule has 1 rings (SSSR count). The maximum atomic E-state index is 14.0. The Morgan fingerprint density at radius 3 is 1.78 bits per heavy atom. The summed E-state index contributed by atoms with van der Waals surface area (Å²) in [6, 6.07) is -7.97. The van der Waals surface area contributed by atoms with Crippen LogP contribution in [-0.4, -0.2) is 136 Å². The van der Waals surface area contributed by atoms with E-state index in [4.69, 9.17) is 9.84 Å². The van der Waals surface area contributed by atoms with E-state index in [1.807, 2.05) is 0 Å². The summed E-state index contributed by atoms with van der Waals surface area (Å²) in [7, 11) is 0. The van der Waals surface area contributed by atoms with Gasteiger partial charge in [-0.25, -0.2) is 0 Å². The molecule has 0 aromatic carbocycles. The Labute approximate surface area is 341 Å². The van der Waals surface area contributed by atoms with Crippen molar-refractivity contribution in [3.63, 3.8) is 0 Å². The van der Waals surface area contributed by atoms with Gasteiger partial charge in [-0.05, 0) is 43.9 Å². The zero-order chi connectivity index (χ0) is 45.0. The van der Waals surface area contributed by atoms with Crippen LogP contribution in [0.1, 0.15) is 79.6 Å². The number of hydrogen-bond acceptors (Lipinski definition) is 12. The lowest BCUT2D eigenvalue weighted by Crippen LogP contribution is -2.61. The standard InChI is InChI=1S/C38H57N7O14/c1-8-11-23(32(52)37(57)39-19-29(51)59-18-9-2)41-35(55)26-12-10-17-45(26)38(58)31(21(5)6)44-36(56)30(20(3)4)43-34(54)25(14-16-28(49)50)42-33(53)24(40-22(7)46)13-15-27(47)48/h8-9,20-21,23-26,30-31H,1-2,10-19H2,3-7H3,(H,39,57)(H,40,46)(H,41,55)(H,42,53)(H,43,54)(H,44,56)(H,47,48)(H,49,50)/t23-,24-,25-,26-,30-,31-/m0/s1.